The molecule has 0 saturated carbocycles. The zero-order valence-corrected chi connectivity index (χ0v) is 9.05. The van der Waals surface area contributed by atoms with Crippen molar-refractivity contribution >= 4 is 29.0 Å². The Morgan fingerprint density at radius 1 is 1.31 bits per heavy atom. The fraction of sp³-hybridized carbons (Fsp3) is 0.222. The fourth-order valence-electron chi connectivity index (χ4n) is 1.15. The van der Waals surface area contributed by atoms with E-state index in [0.29, 0.717) is 6.07 Å². The summed E-state index contributed by atoms with van der Waals surface area (Å²) < 4.78 is 50.5. The Morgan fingerprint density at radius 3 is 2.31 bits per heavy atom. The van der Waals surface area contributed by atoms with Gasteiger partial charge >= 0.3 is 6.18 Å². The molecule has 16 heavy (non-hydrogen) atoms. The highest BCUT2D eigenvalue weighted by Crippen LogP contribution is 2.35. The van der Waals surface area contributed by atoms with Crippen LogP contribution >= 0.6 is 23.2 Å². The molecule has 0 aliphatic rings. The molecule has 0 unspecified atom stereocenters. The Labute approximate surface area is 98.0 Å². The van der Waals surface area contributed by atoms with Crippen molar-refractivity contribution in [3.8, 4) is 0 Å². The van der Waals surface area contributed by atoms with Gasteiger partial charge in [0.25, 0.3) is 0 Å². The molecule has 1 rings (SSSR count). The fourth-order valence-corrected chi connectivity index (χ4v) is 1.50. The number of Topliss-reactive ketones (excluding diaryl/α,β-unsaturated/α-hetero) is 1. The largest absolute Gasteiger partial charge is 0.419 e. The van der Waals surface area contributed by atoms with E-state index in [1.54, 1.807) is 0 Å². The lowest BCUT2D eigenvalue weighted by Crippen LogP contribution is -2.16. The Hall–Kier alpha value is -0.810. The first kappa shape index (κ1) is 13.3. The number of halogens is 6. The van der Waals surface area contributed by atoms with Crippen LogP contribution in [0.25, 0.3) is 0 Å². The number of benzene rings is 1. The Bertz CT molecular complexity index is 428. The SMILES string of the molecule is O=C(CCl)c1cc(Cl)cc(F)c1C(F)(F)F. The lowest BCUT2D eigenvalue weighted by Gasteiger charge is -2.12. The molecular weight excluding hydrogens is 271 g/mol. The second-order valence-electron chi connectivity index (χ2n) is 2.86. The second-order valence-corrected chi connectivity index (χ2v) is 3.57. The normalized spacial score (nSPS) is 11.6. The van der Waals surface area contributed by atoms with E-state index in [4.69, 9.17) is 23.2 Å². The third-order valence-electron chi connectivity index (χ3n) is 1.76. The van der Waals surface area contributed by atoms with Crippen molar-refractivity contribution in [1.29, 1.82) is 0 Å². The first-order chi connectivity index (χ1) is 7.27. The second kappa shape index (κ2) is 4.59. The number of alkyl halides is 4. The van der Waals surface area contributed by atoms with Crippen LogP contribution < -0.4 is 0 Å². The molecule has 0 heterocycles. The van der Waals surface area contributed by atoms with Gasteiger partial charge < -0.3 is 0 Å². The van der Waals surface area contributed by atoms with Gasteiger partial charge in [-0.3, -0.25) is 4.79 Å². The number of carbonyl (C=O) groups excluding carboxylic acids is 1. The Morgan fingerprint density at radius 2 is 1.88 bits per heavy atom. The first-order valence-electron chi connectivity index (χ1n) is 3.92. The summed E-state index contributed by atoms with van der Waals surface area (Å²) in [6.07, 6.45) is -4.97. The molecule has 1 nitrogen and oxygen atoms in total. The predicted molar refractivity (Wildman–Crippen MR) is 51.5 cm³/mol. The number of rotatable bonds is 2. The molecule has 0 saturated heterocycles. The Kier molecular flexibility index (Phi) is 3.80. The molecular formula is C9H4Cl2F4O. The predicted octanol–water partition coefficient (Wildman–Crippen LogP) is 3.92. The highest BCUT2D eigenvalue weighted by molar-refractivity contribution is 6.33. The van der Waals surface area contributed by atoms with E-state index in [1.165, 1.54) is 0 Å². The molecule has 88 valence electrons. The molecule has 0 aromatic heterocycles. The highest BCUT2D eigenvalue weighted by atomic mass is 35.5. The summed E-state index contributed by atoms with van der Waals surface area (Å²) in [5.41, 5.74) is -2.49. The van der Waals surface area contributed by atoms with Crippen LogP contribution in [0.3, 0.4) is 0 Å². The van der Waals surface area contributed by atoms with Crippen LogP contribution in [-0.4, -0.2) is 11.7 Å². The summed E-state index contributed by atoms with van der Waals surface area (Å²) in [5, 5.41) is -0.293. The summed E-state index contributed by atoms with van der Waals surface area (Å²) in [7, 11) is 0. The summed E-state index contributed by atoms with van der Waals surface area (Å²) in [6.45, 7) is 0. The minimum absolute atomic E-state index is 0.293. The van der Waals surface area contributed by atoms with Gasteiger partial charge in [0, 0.05) is 10.6 Å². The van der Waals surface area contributed by atoms with Crippen LogP contribution in [0.4, 0.5) is 17.6 Å². The van der Waals surface area contributed by atoms with E-state index >= 15 is 0 Å². The quantitative estimate of drug-likeness (QED) is 0.454. The van der Waals surface area contributed by atoms with Crippen LogP contribution in [0.15, 0.2) is 12.1 Å². The molecule has 0 aliphatic heterocycles. The molecule has 0 radical (unpaired) electrons. The molecule has 0 N–H and O–H groups in total. The van der Waals surface area contributed by atoms with Gasteiger partial charge in [-0.15, -0.1) is 11.6 Å². The Balaban J connectivity index is 3.51. The van der Waals surface area contributed by atoms with Crippen LogP contribution in [0.5, 0.6) is 0 Å². The van der Waals surface area contributed by atoms with Crippen molar-refractivity contribution in [2.45, 2.75) is 6.18 Å². The van der Waals surface area contributed by atoms with Gasteiger partial charge in [-0.1, -0.05) is 11.6 Å². The van der Waals surface area contributed by atoms with Gasteiger partial charge in [0.1, 0.15) is 11.4 Å². The van der Waals surface area contributed by atoms with Gasteiger partial charge in [-0.25, -0.2) is 4.39 Å². The molecule has 0 spiro atoms. The summed E-state index contributed by atoms with van der Waals surface area (Å²) in [4.78, 5) is 11.1. The van der Waals surface area contributed by atoms with Gasteiger partial charge in [0.2, 0.25) is 0 Å². The number of carbonyl (C=O) groups is 1. The maximum absolute atomic E-state index is 13.1. The topological polar surface area (TPSA) is 17.1 Å². The lowest BCUT2D eigenvalue weighted by atomic mass is 10.0. The average molecular weight is 275 g/mol. The summed E-state index contributed by atoms with van der Waals surface area (Å²) in [6, 6.07) is 1.24. The maximum Gasteiger partial charge on any atom is 0.419 e. The van der Waals surface area contributed by atoms with Gasteiger partial charge in [-0.2, -0.15) is 13.2 Å². The molecule has 1 aromatic carbocycles. The smallest absolute Gasteiger partial charge is 0.293 e. The summed E-state index contributed by atoms with van der Waals surface area (Å²) >= 11 is 10.5. The standard InChI is InChI=1S/C9H4Cl2F4O/c10-3-7(16)5-1-4(11)2-6(12)8(5)9(13,14)15/h1-2H,3H2. The summed E-state index contributed by atoms with van der Waals surface area (Å²) in [5.74, 6) is -3.30. The van der Waals surface area contributed by atoms with Crippen LogP contribution in [0.2, 0.25) is 5.02 Å². The molecule has 0 aliphatic carbocycles. The van der Waals surface area contributed by atoms with Crippen molar-refractivity contribution in [2.24, 2.45) is 0 Å². The third kappa shape index (κ3) is 2.65. The van der Waals surface area contributed by atoms with E-state index in [2.05, 4.69) is 0 Å². The van der Waals surface area contributed by atoms with E-state index in [1.807, 2.05) is 0 Å². The van der Waals surface area contributed by atoms with Gasteiger partial charge in [0.05, 0.1) is 5.88 Å². The zero-order chi connectivity index (χ0) is 12.5. The average Bonchev–Trinajstić information content (AvgIpc) is 2.12. The van der Waals surface area contributed by atoms with Crippen molar-refractivity contribution < 1.29 is 22.4 Å². The van der Waals surface area contributed by atoms with Crippen molar-refractivity contribution in [2.75, 3.05) is 5.88 Å². The van der Waals surface area contributed by atoms with Crippen molar-refractivity contribution in [3.63, 3.8) is 0 Å². The van der Waals surface area contributed by atoms with Crippen molar-refractivity contribution in [3.05, 3.63) is 34.1 Å². The third-order valence-corrected chi connectivity index (χ3v) is 2.22. The number of hydrogen-bond donors (Lipinski definition) is 0. The molecule has 0 bridgehead atoms. The van der Waals surface area contributed by atoms with E-state index < -0.39 is 34.8 Å². The van der Waals surface area contributed by atoms with E-state index in [-0.39, 0.29) is 5.02 Å². The molecule has 0 fully saturated rings. The van der Waals surface area contributed by atoms with Crippen LogP contribution in [-0.2, 0) is 6.18 Å². The minimum Gasteiger partial charge on any atom is -0.293 e. The lowest BCUT2D eigenvalue weighted by molar-refractivity contribution is -0.140. The number of ketones is 1. The van der Waals surface area contributed by atoms with Crippen LogP contribution in [0.1, 0.15) is 15.9 Å². The first-order valence-corrected chi connectivity index (χ1v) is 4.84. The molecule has 0 atom stereocenters. The van der Waals surface area contributed by atoms with E-state index in [0.717, 1.165) is 6.07 Å². The zero-order valence-electron chi connectivity index (χ0n) is 7.54. The maximum atomic E-state index is 13.1. The van der Waals surface area contributed by atoms with E-state index in [9.17, 15) is 22.4 Å². The molecule has 0 amide bonds. The number of hydrogen-bond acceptors (Lipinski definition) is 1. The molecule has 7 heteroatoms. The monoisotopic (exact) mass is 274 g/mol. The molecule has 1 aromatic rings. The van der Waals surface area contributed by atoms with Crippen molar-refractivity contribution in [1.82, 2.24) is 0 Å². The highest BCUT2D eigenvalue weighted by Gasteiger charge is 2.38. The van der Waals surface area contributed by atoms with Gasteiger partial charge in [0.15, 0.2) is 5.78 Å². The van der Waals surface area contributed by atoms with Crippen LogP contribution in [0, 0.1) is 5.82 Å². The van der Waals surface area contributed by atoms with Gasteiger partial charge in [-0.05, 0) is 12.1 Å². The minimum atomic E-state index is -4.97.